The second-order valence-electron chi connectivity index (χ2n) is 6.50. The van der Waals surface area contributed by atoms with E-state index in [0.717, 1.165) is 43.4 Å². The first-order valence-corrected chi connectivity index (χ1v) is 8.42. The van der Waals surface area contributed by atoms with Gasteiger partial charge in [0.05, 0.1) is 0 Å². The quantitative estimate of drug-likeness (QED) is 0.580. The maximum Gasteiger partial charge on any atom is 0.325 e. The molecule has 0 bridgehead atoms. The van der Waals surface area contributed by atoms with E-state index in [2.05, 4.69) is 17.6 Å². The molecule has 0 aromatic rings. The largest absolute Gasteiger partial charge is 0.355 e. The summed E-state index contributed by atoms with van der Waals surface area (Å²) in [7, 11) is 0. The Morgan fingerprint density at radius 2 is 2.14 bits per heavy atom. The lowest BCUT2D eigenvalue weighted by molar-refractivity contribution is -0.137. The Hall–Kier alpha value is -1.59. The molecule has 1 aliphatic heterocycles. The number of carbonyl (C=O) groups is 3. The van der Waals surface area contributed by atoms with Gasteiger partial charge in [-0.15, -0.1) is 0 Å². The van der Waals surface area contributed by atoms with Gasteiger partial charge in [-0.05, 0) is 25.2 Å². The zero-order valence-corrected chi connectivity index (χ0v) is 13.6. The van der Waals surface area contributed by atoms with Crippen LogP contribution in [0.3, 0.4) is 0 Å². The van der Waals surface area contributed by atoms with E-state index in [4.69, 9.17) is 0 Å². The zero-order valence-electron chi connectivity index (χ0n) is 13.6. The van der Waals surface area contributed by atoms with Gasteiger partial charge in [-0.3, -0.25) is 14.5 Å². The fourth-order valence-corrected chi connectivity index (χ4v) is 3.44. The van der Waals surface area contributed by atoms with Crippen molar-refractivity contribution in [1.82, 2.24) is 15.5 Å². The Morgan fingerprint density at radius 1 is 1.36 bits per heavy atom. The van der Waals surface area contributed by atoms with Gasteiger partial charge in [0.25, 0.3) is 5.91 Å². The molecule has 6 heteroatoms. The van der Waals surface area contributed by atoms with Gasteiger partial charge in [-0.2, -0.15) is 0 Å². The highest BCUT2D eigenvalue weighted by Crippen LogP contribution is 2.38. The molecule has 1 saturated heterocycles. The van der Waals surface area contributed by atoms with E-state index in [1.807, 2.05) is 6.92 Å². The van der Waals surface area contributed by atoms with Gasteiger partial charge in [0.2, 0.25) is 5.91 Å². The molecule has 124 valence electrons. The van der Waals surface area contributed by atoms with Crippen molar-refractivity contribution in [2.45, 2.75) is 64.3 Å². The van der Waals surface area contributed by atoms with Crippen LogP contribution in [0.25, 0.3) is 0 Å². The molecule has 22 heavy (non-hydrogen) atoms. The normalized spacial score (nSPS) is 28.1. The van der Waals surface area contributed by atoms with E-state index in [9.17, 15) is 14.4 Å². The fraction of sp³-hybridized carbons (Fsp3) is 0.812. The van der Waals surface area contributed by atoms with E-state index in [0.29, 0.717) is 13.0 Å². The molecule has 2 fully saturated rings. The smallest absolute Gasteiger partial charge is 0.325 e. The number of hydrogen-bond donors (Lipinski definition) is 2. The van der Waals surface area contributed by atoms with Gasteiger partial charge in [-0.25, -0.2) is 4.79 Å². The maximum atomic E-state index is 12.7. The molecule has 0 aromatic heterocycles. The molecule has 6 nitrogen and oxygen atoms in total. The van der Waals surface area contributed by atoms with Crippen LogP contribution < -0.4 is 10.6 Å². The Labute approximate surface area is 132 Å². The van der Waals surface area contributed by atoms with Gasteiger partial charge in [-0.1, -0.05) is 39.5 Å². The molecule has 0 aromatic carbocycles. The van der Waals surface area contributed by atoms with Crippen molar-refractivity contribution in [2.75, 3.05) is 13.1 Å². The molecule has 1 aliphatic carbocycles. The average molecular weight is 309 g/mol. The molecule has 1 spiro atoms. The first-order chi connectivity index (χ1) is 10.5. The van der Waals surface area contributed by atoms with Gasteiger partial charge in [0.15, 0.2) is 0 Å². The number of urea groups is 1. The highest BCUT2D eigenvalue weighted by molar-refractivity contribution is 6.09. The van der Waals surface area contributed by atoms with Gasteiger partial charge in [0, 0.05) is 6.54 Å². The summed E-state index contributed by atoms with van der Waals surface area (Å²) in [5, 5.41) is 5.63. The first-order valence-electron chi connectivity index (χ1n) is 8.42. The third-order valence-electron chi connectivity index (χ3n) is 4.91. The van der Waals surface area contributed by atoms with Crippen molar-refractivity contribution in [3.63, 3.8) is 0 Å². The summed E-state index contributed by atoms with van der Waals surface area (Å²) in [5.41, 5.74) is -0.780. The van der Waals surface area contributed by atoms with Crippen LogP contribution in [0.15, 0.2) is 0 Å². The molecule has 2 rings (SSSR count). The molecule has 1 heterocycles. The number of carbonyl (C=O) groups excluding carboxylic acids is 3. The van der Waals surface area contributed by atoms with Crippen LogP contribution in [0, 0.1) is 5.92 Å². The number of unbranched alkanes of at least 4 members (excludes halogenated alkanes) is 2. The van der Waals surface area contributed by atoms with Crippen molar-refractivity contribution in [3.8, 4) is 0 Å². The Morgan fingerprint density at radius 3 is 2.82 bits per heavy atom. The molecule has 2 N–H and O–H groups in total. The average Bonchev–Trinajstić information content (AvgIpc) is 2.72. The number of amides is 4. The Balaban J connectivity index is 1.93. The van der Waals surface area contributed by atoms with Crippen molar-refractivity contribution in [3.05, 3.63) is 0 Å². The summed E-state index contributed by atoms with van der Waals surface area (Å²) < 4.78 is 0. The van der Waals surface area contributed by atoms with E-state index in [1.165, 1.54) is 0 Å². The molecule has 0 unspecified atom stereocenters. The van der Waals surface area contributed by atoms with E-state index in [-0.39, 0.29) is 24.3 Å². The minimum absolute atomic E-state index is 0.121. The standard InChI is InChI=1S/C16H27N3O3/c1-3-4-7-10-17-13(20)11-19-14(21)16(18-15(19)22)9-6-5-8-12(16)2/h12H,3-11H2,1-2H3,(H,17,20)(H,18,22)/t12-,16+/m1/s1. The minimum atomic E-state index is -0.780. The summed E-state index contributed by atoms with van der Waals surface area (Å²) in [6, 6.07) is -0.428. The first kappa shape index (κ1) is 16.8. The van der Waals surface area contributed by atoms with Gasteiger partial charge < -0.3 is 10.6 Å². The fourth-order valence-electron chi connectivity index (χ4n) is 3.44. The monoisotopic (exact) mass is 309 g/mol. The third kappa shape index (κ3) is 3.25. The molecular weight excluding hydrogens is 282 g/mol. The van der Waals surface area contributed by atoms with Crippen LogP contribution in [0.4, 0.5) is 4.79 Å². The Kier molecular flexibility index (Phi) is 5.42. The van der Waals surface area contributed by atoms with E-state index < -0.39 is 11.6 Å². The number of rotatable bonds is 6. The predicted octanol–water partition coefficient (Wildman–Crippen LogP) is 1.79. The summed E-state index contributed by atoms with van der Waals surface area (Å²) >= 11 is 0. The van der Waals surface area contributed by atoms with Gasteiger partial charge in [0.1, 0.15) is 12.1 Å². The van der Waals surface area contributed by atoms with Crippen LogP contribution in [-0.4, -0.2) is 41.4 Å². The molecule has 0 radical (unpaired) electrons. The second kappa shape index (κ2) is 7.11. The SMILES string of the molecule is CCCCCNC(=O)CN1C(=O)N[C@]2(CCCC[C@H]2C)C1=O. The number of imide groups is 1. The molecule has 2 aliphatic rings. The summed E-state index contributed by atoms with van der Waals surface area (Å²) in [4.78, 5) is 37.8. The van der Waals surface area contributed by atoms with Crippen molar-refractivity contribution < 1.29 is 14.4 Å². The summed E-state index contributed by atoms with van der Waals surface area (Å²) in [5.74, 6) is -0.371. The molecule has 4 amide bonds. The molecular formula is C16H27N3O3. The van der Waals surface area contributed by atoms with Crippen LogP contribution in [0.2, 0.25) is 0 Å². The topological polar surface area (TPSA) is 78.5 Å². The zero-order chi connectivity index (χ0) is 16.2. The third-order valence-corrected chi connectivity index (χ3v) is 4.91. The molecule has 1 saturated carbocycles. The van der Waals surface area contributed by atoms with Crippen LogP contribution in [-0.2, 0) is 9.59 Å². The van der Waals surface area contributed by atoms with E-state index >= 15 is 0 Å². The lowest BCUT2D eigenvalue weighted by Gasteiger charge is -2.36. The van der Waals surface area contributed by atoms with Crippen molar-refractivity contribution in [2.24, 2.45) is 5.92 Å². The molecule has 2 atom stereocenters. The highest BCUT2D eigenvalue weighted by Gasteiger charge is 2.55. The lowest BCUT2D eigenvalue weighted by Crippen LogP contribution is -2.54. The second-order valence-corrected chi connectivity index (χ2v) is 6.50. The minimum Gasteiger partial charge on any atom is -0.355 e. The van der Waals surface area contributed by atoms with Crippen LogP contribution in [0.1, 0.15) is 58.8 Å². The summed E-state index contributed by atoms with van der Waals surface area (Å²) in [6.07, 6.45) is 6.70. The number of nitrogens with zero attached hydrogens (tertiary/aromatic N) is 1. The maximum absolute atomic E-state index is 12.7. The van der Waals surface area contributed by atoms with Crippen LogP contribution in [0.5, 0.6) is 0 Å². The lowest BCUT2D eigenvalue weighted by atomic mass is 9.73. The van der Waals surface area contributed by atoms with Crippen molar-refractivity contribution in [1.29, 1.82) is 0 Å². The number of hydrogen-bond acceptors (Lipinski definition) is 3. The van der Waals surface area contributed by atoms with Gasteiger partial charge >= 0.3 is 6.03 Å². The Bertz CT molecular complexity index is 452. The predicted molar refractivity (Wildman–Crippen MR) is 83.1 cm³/mol. The van der Waals surface area contributed by atoms with Crippen molar-refractivity contribution >= 4 is 17.8 Å². The highest BCUT2D eigenvalue weighted by atomic mass is 16.2. The number of nitrogens with one attached hydrogen (secondary N) is 2. The summed E-state index contributed by atoms with van der Waals surface area (Å²) in [6.45, 7) is 4.52. The van der Waals surface area contributed by atoms with Crippen LogP contribution >= 0.6 is 0 Å². The van der Waals surface area contributed by atoms with E-state index in [1.54, 1.807) is 0 Å².